The van der Waals surface area contributed by atoms with Crippen LogP contribution in [0, 0.1) is 6.92 Å². The molecule has 2 aromatic carbocycles. The van der Waals surface area contributed by atoms with E-state index in [9.17, 15) is 13.2 Å². The Morgan fingerprint density at radius 2 is 1.82 bits per heavy atom. The van der Waals surface area contributed by atoms with Crippen LogP contribution in [0.4, 0.5) is 0 Å². The van der Waals surface area contributed by atoms with E-state index in [4.69, 9.17) is 21.1 Å². The molecular formula is C28H33ClN2O5S2. The van der Waals surface area contributed by atoms with E-state index in [2.05, 4.69) is 0 Å². The molecule has 38 heavy (non-hydrogen) atoms. The minimum absolute atomic E-state index is 0.109. The van der Waals surface area contributed by atoms with E-state index in [1.54, 1.807) is 55.2 Å². The fourth-order valence-electron chi connectivity index (χ4n) is 4.53. The third kappa shape index (κ3) is 6.01. The number of nitrogens with zero attached hydrogens (tertiary/aromatic N) is 2. The van der Waals surface area contributed by atoms with Crippen LogP contribution >= 0.6 is 22.9 Å². The molecule has 2 heterocycles. The molecule has 0 radical (unpaired) electrons. The zero-order valence-electron chi connectivity index (χ0n) is 22.2. The number of aryl methyl sites for hydroxylation is 1. The van der Waals surface area contributed by atoms with Gasteiger partial charge >= 0.3 is 0 Å². The summed E-state index contributed by atoms with van der Waals surface area (Å²) >= 11 is 7.82. The van der Waals surface area contributed by atoms with Crippen molar-refractivity contribution in [3.05, 3.63) is 74.9 Å². The number of carbonyl (C=O) groups is 1. The van der Waals surface area contributed by atoms with E-state index in [0.717, 1.165) is 17.5 Å². The second-order valence-corrected chi connectivity index (χ2v) is 13.5. The number of hydrogen-bond acceptors (Lipinski definition) is 6. The van der Waals surface area contributed by atoms with Gasteiger partial charge in [0.25, 0.3) is 0 Å². The number of rotatable bonds is 8. The van der Waals surface area contributed by atoms with Gasteiger partial charge in [-0.1, -0.05) is 11.6 Å². The highest BCUT2D eigenvalue weighted by Gasteiger charge is 2.39. The largest absolute Gasteiger partial charge is 0.497 e. The molecule has 10 heteroatoms. The Balaban J connectivity index is 1.60. The van der Waals surface area contributed by atoms with E-state index in [1.807, 2.05) is 30.5 Å². The molecule has 0 N–H and O–H groups in total. The number of thiophene rings is 1. The SMILES string of the molecule is COc1ccc(S(=O)(=O)N(CC(=O)N2CCc3sccc3[C@H]2COc2ccc(Cl)c(C)c2)C(C)(C)C)cc1. The van der Waals surface area contributed by atoms with Crippen LogP contribution in [0.3, 0.4) is 0 Å². The normalized spacial score (nSPS) is 15.9. The number of benzene rings is 2. The summed E-state index contributed by atoms with van der Waals surface area (Å²) < 4.78 is 39.9. The van der Waals surface area contributed by atoms with E-state index < -0.39 is 15.6 Å². The Morgan fingerprint density at radius 3 is 2.45 bits per heavy atom. The number of amides is 1. The molecule has 0 fully saturated rings. The summed E-state index contributed by atoms with van der Waals surface area (Å²) in [5, 5.41) is 2.68. The fourth-order valence-corrected chi connectivity index (χ4v) is 7.31. The highest BCUT2D eigenvalue weighted by atomic mass is 35.5. The lowest BCUT2D eigenvalue weighted by molar-refractivity contribution is -0.135. The molecule has 3 aromatic rings. The minimum atomic E-state index is -3.96. The molecule has 0 saturated carbocycles. The molecule has 204 valence electrons. The number of sulfonamides is 1. The summed E-state index contributed by atoms with van der Waals surface area (Å²) in [7, 11) is -2.44. The lowest BCUT2D eigenvalue weighted by Crippen LogP contribution is -2.52. The van der Waals surface area contributed by atoms with Gasteiger partial charge in [-0.15, -0.1) is 11.3 Å². The maximum absolute atomic E-state index is 13.8. The summed E-state index contributed by atoms with van der Waals surface area (Å²) in [6, 6.07) is 13.4. The smallest absolute Gasteiger partial charge is 0.244 e. The Labute approximate surface area is 234 Å². The number of ether oxygens (including phenoxy) is 2. The summed E-state index contributed by atoms with van der Waals surface area (Å²) in [5.74, 6) is 0.954. The Bertz CT molecular complexity index is 1400. The van der Waals surface area contributed by atoms with Gasteiger partial charge in [-0.3, -0.25) is 4.79 Å². The number of methoxy groups -OCH3 is 1. The van der Waals surface area contributed by atoms with Crippen molar-refractivity contribution in [1.29, 1.82) is 0 Å². The Morgan fingerprint density at radius 1 is 1.13 bits per heavy atom. The lowest BCUT2D eigenvalue weighted by Gasteiger charge is -2.39. The highest BCUT2D eigenvalue weighted by Crippen LogP contribution is 2.35. The van der Waals surface area contributed by atoms with Crippen LogP contribution in [0.25, 0.3) is 0 Å². The molecule has 1 amide bonds. The predicted molar refractivity (Wildman–Crippen MR) is 151 cm³/mol. The molecule has 1 aliphatic heterocycles. The maximum atomic E-state index is 13.8. The summed E-state index contributed by atoms with van der Waals surface area (Å²) in [4.78, 5) is 16.9. The Hall–Kier alpha value is -2.59. The standard InChI is InChI=1S/C28H33ClN2O5S2/c1-19-16-21(8-11-24(19)29)36-18-25-23-13-15-37-26(23)12-14-30(25)27(32)17-31(28(2,3)4)38(33,34)22-9-6-20(35-5)7-10-22/h6-11,13,15-16,25H,12,14,17-18H2,1-5H3/t25-/m1/s1. The van der Waals surface area contributed by atoms with Crippen molar-refractivity contribution in [1.82, 2.24) is 9.21 Å². The van der Waals surface area contributed by atoms with Crippen molar-refractivity contribution >= 4 is 38.9 Å². The number of hydrogen-bond donors (Lipinski definition) is 0. The third-order valence-corrected chi connectivity index (χ3v) is 10.2. The van der Waals surface area contributed by atoms with Gasteiger partial charge in [0.1, 0.15) is 18.1 Å². The molecule has 0 bridgehead atoms. The van der Waals surface area contributed by atoms with Crippen molar-refractivity contribution in [2.24, 2.45) is 0 Å². The molecule has 1 atom stereocenters. The average Bonchev–Trinajstić information content (AvgIpc) is 3.36. The molecular weight excluding hydrogens is 544 g/mol. The summed E-state index contributed by atoms with van der Waals surface area (Å²) in [5.41, 5.74) is 1.12. The summed E-state index contributed by atoms with van der Waals surface area (Å²) in [6.45, 7) is 7.73. The first-order valence-electron chi connectivity index (χ1n) is 12.3. The van der Waals surface area contributed by atoms with Crippen LogP contribution in [-0.2, 0) is 21.2 Å². The lowest BCUT2D eigenvalue weighted by atomic mass is 10.00. The molecule has 0 aliphatic carbocycles. The van der Waals surface area contributed by atoms with E-state index in [1.165, 1.54) is 28.4 Å². The molecule has 1 aromatic heterocycles. The highest BCUT2D eigenvalue weighted by molar-refractivity contribution is 7.89. The van der Waals surface area contributed by atoms with Gasteiger partial charge in [0, 0.05) is 22.0 Å². The van der Waals surface area contributed by atoms with E-state index >= 15 is 0 Å². The third-order valence-electron chi connectivity index (χ3n) is 6.63. The topological polar surface area (TPSA) is 76.2 Å². The van der Waals surface area contributed by atoms with Crippen LogP contribution in [0.15, 0.2) is 58.8 Å². The average molecular weight is 577 g/mol. The minimum Gasteiger partial charge on any atom is -0.497 e. The molecule has 1 aliphatic rings. The van der Waals surface area contributed by atoms with E-state index in [0.29, 0.717) is 23.1 Å². The van der Waals surface area contributed by atoms with Crippen LogP contribution < -0.4 is 9.47 Å². The first-order chi connectivity index (χ1) is 17.9. The predicted octanol–water partition coefficient (Wildman–Crippen LogP) is 5.71. The van der Waals surface area contributed by atoms with Crippen LogP contribution in [0.5, 0.6) is 11.5 Å². The maximum Gasteiger partial charge on any atom is 0.244 e. The van der Waals surface area contributed by atoms with Crippen molar-refractivity contribution in [3.63, 3.8) is 0 Å². The second kappa shape index (κ2) is 11.3. The zero-order valence-corrected chi connectivity index (χ0v) is 24.6. The van der Waals surface area contributed by atoms with Gasteiger partial charge in [-0.2, -0.15) is 4.31 Å². The monoisotopic (exact) mass is 576 g/mol. The van der Waals surface area contributed by atoms with Crippen LogP contribution in [-0.4, -0.2) is 55.9 Å². The molecule has 0 spiro atoms. The van der Waals surface area contributed by atoms with Crippen molar-refractivity contribution < 1.29 is 22.7 Å². The zero-order chi connectivity index (χ0) is 27.7. The first kappa shape index (κ1) is 28.4. The number of carbonyl (C=O) groups excluding carboxylic acids is 1. The second-order valence-electron chi connectivity index (χ2n) is 10.2. The van der Waals surface area contributed by atoms with Gasteiger partial charge < -0.3 is 14.4 Å². The van der Waals surface area contributed by atoms with Crippen molar-refractivity contribution in [3.8, 4) is 11.5 Å². The van der Waals surface area contributed by atoms with Crippen LogP contribution in [0.2, 0.25) is 5.02 Å². The molecule has 4 rings (SSSR count). The molecule has 0 saturated heterocycles. The van der Waals surface area contributed by atoms with Crippen molar-refractivity contribution in [2.45, 2.75) is 50.6 Å². The van der Waals surface area contributed by atoms with E-state index in [-0.39, 0.29) is 30.0 Å². The van der Waals surface area contributed by atoms with Crippen molar-refractivity contribution in [2.75, 3.05) is 26.8 Å². The molecule has 0 unspecified atom stereocenters. The molecule has 7 nitrogen and oxygen atoms in total. The van der Waals surface area contributed by atoms with Gasteiger partial charge in [-0.25, -0.2) is 8.42 Å². The quantitative estimate of drug-likeness (QED) is 0.343. The fraction of sp³-hybridized carbons (Fsp3) is 0.393. The van der Waals surface area contributed by atoms with Gasteiger partial charge in [0.2, 0.25) is 15.9 Å². The summed E-state index contributed by atoms with van der Waals surface area (Å²) in [6.07, 6.45) is 0.718. The number of fused-ring (bicyclic) bond motifs is 1. The number of halogens is 1. The van der Waals surface area contributed by atoms with Gasteiger partial charge in [-0.05, 0) is 99.2 Å². The van der Waals surface area contributed by atoms with Gasteiger partial charge in [0.15, 0.2) is 0 Å². The van der Waals surface area contributed by atoms with Gasteiger partial charge in [0.05, 0.1) is 24.6 Å². The van der Waals surface area contributed by atoms with Crippen LogP contribution in [0.1, 0.15) is 42.8 Å². The Kier molecular flexibility index (Phi) is 8.42. The first-order valence-corrected chi connectivity index (χ1v) is 15.0.